The highest BCUT2D eigenvalue weighted by Gasteiger charge is 2.13. The maximum atomic E-state index is 11.9. The smallest absolute Gasteiger partial charge is 0.250 e. The van der Waals surface area contributed by atoms with E-state index in [0.29, 0.717) is 5.69 Å². The van der Waals surface area contributed by atoms with Crippen LogP contribution in [0.15, 0.2) is 30.3 Å². The zero-order chi connectivity index (χ0) is 12.0. The van der Waals surface area contributed by atoms with Crippen molar-refractivity contribution in [2.24, 2.45) is 0 Å². The minimum atomic E-state index is -2.45. The molecule has 0 aliphatic carbocycles. The Bertz CT molecular complexity index is 330. The Kier molecular flexibility index (Phi) is 4.85. The van der Waals surface area contributed by atoms with E-state index >= 15 is 0 Å². The summed E-state index contributed by atoms with van der Waals surface area (Å²) in [5.74, 6) is -0.327. The molecule has 0 aromatic heterocycles. The van der Waals surface area contributed by atoms with Gasteiger partial charge in [-0.1, -0.05) is 18.2 Å². The van der Waals surface area contributed by atoms with Crippen LogP contribution in [-0.4, -0.2) is 24.9 Å². The SMILES string of the molecule is CC(NCC(F)F)C(=O)Nc1ccccc1. The second kappa shape index (κ2) is 6.17. The Labute approximate surface area is 92.8 Å². The van der Waals surface area contributed by atoms with Crippen molar-refractivity contribution in [1.82, 2.24) is 5.32 Å². The molecule has 0 aliphatic rings. The number of carbonyl (C=O) groups excluding carboxylic acids is 1. The molecule has 5 heteroatoms. The van der Waals surface area contributed by atoms with Gasteiger partial charge in [0.25, 0.3) is 6.43 Å². The molecule has 16 heavy (non-hydrogen) atoms. The molecular formula is C11H14F2N2O. The zero-order valence-corrected chi connectivity index (χ0v) is 8.91. The Hall–Kier alpha value is -1.49. The highest BCUT2D eigenvalue weighted by atomic mass is 19.3. The van der Waals surface area contributed by atoms with Crippen LogP contribution < -0.4 is 10.6 Å². The van der Waals surface area contributed by atoms with Gasteiger partial charge in [-0.2, -0.15) is 0 Å². The maximum Gasteiger partial charge on any atom is 0.250 e. The molecule has 0 saturated carbocycles. The number of carbonyl (C=O) groups is 1. The van der Waals surface area contributed by atoms with Gasteiger partial charge in [-0.15, -0.1) is 0 Å². The fourth-order valence-corrected chi connectivity index (χ4v) is 1.13. The van der Waals surface area contributed by atoms with Crippen LogP contribution in [0, 0.1) is 0 Å². The molecule has 0 saturated heterocycles. The van der Waals surface area contributed by atoms with Gasteiger partial charge in [0, 0.05) is 5.69 Å². The average molecular weight is 228 g/mol. The molecule has 0 heterocycles. The van der Waals surface area contributed by atoms with Gasteiger partial charge in [0.1, 0.15) is 0 Å². The monoisotopic (exact) mass is 228 g/mol. The summed E-state index contributed by atoms with van der Waals surface area (Å²) in [6.45, 7) is 1.06. The number of rotatable bonds is 5. The summed E-state index contributed by atoms with van der Waals surface area (Å²) in [6.07, 6.45) is -2.45. The van der Waals surface area contributed by atoms with Crippen LogP contribution in [0.3, 0.4) is 0 Å². The molecule has 1 rings (SSSR count). The van der Waals surface area contributed by atoms with Gasteiger partial charge in [-0.25, -0.2) is 8.78 Å². The molecule has 1 unspecified atom stereocenters. The van der Waals surface area contributed by atoms with E-state index in [1.54, 1.807) is 31.2 Å². The van der Waals surface area contributed by atoms with Crippen molar-refractivity contribution in [3.63, 3.8) is 0 Å². The summed E-state index contributed by atoms with van der Waals surface area (Å²) in [5, 5.41) is 5.06. The molecule has 1 atom stereocenters. The fraction of sp³-hybridized carbons (Fsp3) is 0.364. The average Bonchev–Trinajstić information content (AvgIpc) is 2.27. The summed E-state index contributed by atoms with van der Waals surface area (Å²) < 4.78 is 23.8. The molecule has 88 valence electrons. The lowest BCUT2D eigenvalue weighted by Crippen LogP contribution is -2.40. The molecule has 0 radical (unpaired) electrons. The number of benzene rings is 1. The van der Waals surface area contributed by atoms with E-state index in [9.17, 15) is 13.6 Å². The van der Waals surface area contributed by atoms with E-state index < -0.39 is 19.0 Å². The van der Waals surface area contributed by atoms with Gasteiger partial charge in [-0.3, -0.25) is 4.79 Å². The lowest BCUT2D eigenvalue weighted by molar-refractivity contribution is -0.117. The van der Waals surface area contributed by atoms with Crippen LogP contribution >= 0.6 is 0 Å². The maximum absolute atomic E-state index is 11.9. The van der Waals surface area contributed by atoms with E-state index in [1.807, 2.05) is 6.07 Å². The minimum Gasteiger partial charge on any atom is -0.325 e. The van der Waals surface area contributed by atoms with Gasteiger partial charge >= 0.3 is 0 Å². The lowest BCUT2D eigenvalue weighted by Gasteiger charge is -2.13. The van der Waals surface area contributed by atoms with Gasteiger partial charge in [0.15, 0.2) is 0 Å². The molecular weight excluding hydrogens is 214 g/mol. The number of alkyl halides is 2. The second-order valence-electron chi connectivity index (χ2n) is 3.38. The van der Waals surface area contributed by atoms with Crippen LogP contribution in [0.2, 0.25) is 0 Å². The van der Waals surface area contributed by atoms with Crippen molar-refractivity contribution >= 4 is 11.6 Å². The van der Waals surface area contributed by atoms with Crippen molar-refractivity contribution in [2.75, 3.05) is 11.9 Å². The quantitative estimate of drug-likeness (QED) is 0.807. The predicted octanol–water partition coefficient (Wildman–Crippen LogP) is 1.87. The van der Waals surface area contributed by atoms with Crippen LogP contribution in [0.5, 0.6) is 0 Å². The fourth-order valence-electron chi connectivity index (χ4n) is 1.13. The first-order chi connectivity index (χ1) is 7.59. The normalized spacial score (nSPS) is 12.5. The van der Waals surface area contributed by atoms with E-state index in [0.717, 1.165) is 0 Å². The Morgan fingerprint density at radius 3 is 2.50 bits per heavy atom. The van der Waals surface area contributed by atoms with Crippen molar-refractivity contribution in [2.45, 2.75) is 19.4 Å². The third-order valence-corrected chi connectivity index (χ3v) is 2.01. The molecule has 0 aliphatic heterocycles. The Balaban J connectivity index is 2.40. The number of halogens is 2. The van der Waals surface area contributed by atoms with Gasteiger partial charge < -0.3 is 10.6 Å². The van der Waals surface area contributed by atoms with E-state index in [-0.39, 0.29) is 5.91 Å². The minimum absolute atomic E-state index is 0.327. The second-order valence-corrected chi connectivity index (χ2v) is 3.38. The van der Waals surface area contributed by atoms with Gasteiger partial charge in [0.2, 0.25) is 5.91 Å². The molecule has 0 spiro atoms. The zero-order valence-electron chi connectivity index (χ0n) is 8.91. The standard InChI is InChI=1S/C11H14F2N2O/c1-8(14-7-10(12)13)11(16)15-9-5-3-2-4-6-9/h2-6,8,10,14H,7H2,1H3,(H,15,16). The van der Waals surface area contributed by atoms with Gasteiger partial charge in [0.05, 0.1) is 12.6 Å². The largest absolute Gasteiger partial charge is 0.325 e. The van der Waals surface area contributed by atoms with Gasteiger partial charge in [-0.05, 0) is 19.1 Å². The topological polar surface area (TPSA) is 41.1 Å². The molecule has 1 amide bonds. The number of anilines is 1. The first-order valence-electron chi connectivity index (χ1n) is 4.97. The Morgan fingerprint density at radius 2 is 1.94 bits per heavy atom. The summed E-state index contributed by atoms with van der Waals surface area (Å²) in [5.41, 5.74) is 0.651. The summed E-state index contributed by atoms with van der Waals surface area (Å²) in [4.78, 5) is 11.5. The summed E-state index contributed by atoms with van der Waals surface area (Å²) in [6, 6.07) is 8.22. The molecule has 2 N–H and O–H groups in total. The van der Waals surface area contributed by atoms with Crippen LogP contribution in [-0.2, 0) is 4.79 Å². The number of hydrogen-bond donors (Lipinski definition) is 2. The van der Waals surface area contributed by atoms with Crippen molar-refractivity contribution in [3.8, 4) is 0 Å². The van der Waals surface area contributed by atoms with Crippen molar-refractivity contribution in [1.29, 1.82) is 0 Å². The number of hydrogen-bond acceptors (Lipinski definition) is 2. The number of amides is 1. The highest BCUT2D eigenvalue weighted by Crippen LogP contribution is 2.05. The number of nitrogens with one attached hydrogen (secondary N) is 2. The molecule has 1 aromatic rings. The number of para-hydroxylation sites is 1. The summed E-state index contributed by atoms with van der Waals surface area (Å²) in [7, 11) is 0. The van der Waals surface area contributed by atoms with E-state index in [2.05, 4.69) is 10.6 Å². The molecule has 3 nitrogen and oxygen atoms in total. The third kappa shape index (κ3) is 4.35. The summed E-state index contributed by atoms with van der Waals surface area (Å²) >= 11 is 0. The van der Waals surface area contributed by atoms with Crippen LogP contribution in [0.1, 0.15) is 6.92 Å². The molecule has 1 aromatic carbocycles. The van der Waals surface area contributed by atoms with E-state index in [1.165, 1.54) is 0 Å². The highest BCUT2D eigenvalue weighted by molar-refractivity contribution is 5.94. The molecule has 0 bridgehead atoms. The predicted molar refractivity (Wildman–Crippen MR) is 58.5 cm³/mol. The van der Waals surface area contributed by atoms with Crippen molar-refractivity contribution in [3.05, 3.63) is 30.3 Å². The van der Waals surface area contributed by atoms with Crippen LogP contribution in [0.25, 0.3) is 0 Å². The third-order valence-electron chi connectivity index (χ3n) is 2.01. The first kappa shape index (κ1) is 12.6. The molecule has 0 fully saturated rings. The van der Waals surface area contributed by atoms with Crippen LogP contribution in [0.4, 0.5) is 14.5 Å². The lowest BCUT2D eigenvalue weighted by atomic mass is 10.2. The first-order valence-corrected chi connectivity index (χ1v) is 4.97. The van der Waals surface area contributed by atoms with E-state index in [4.69, 9.17) is 0 Å². The van der Waals surface area contributed by atoms with Crippen molar-refractivity contribution < 1.29 is 13.6 Å². The Morgan fingerprint density at radius 1 is 1.31 bits per heavy atom.